The average Bonchev–Trinajstić information content (AvgIpc) is 3.21. The van der Waals surface area contributed by atoms with E-state index < -0.39 is 18.2 Å². The first-order valence-electron chi connectivity index (χ1n) is 9.50. The van der Waals surface area contributed by atoms with E-state index in [0.717, 1.165) is 6.07 Å². The number of nitrogens with zero attached hydrogens (tertiary/aromatic N) is 2. The number of hydrogen-bond acceptors (Lipinski definition) is 8. The third kappa shape index (κ3) is 5.26. The van der Waals surface area contributed by atoms with Crippen LogP contribution in [0.25, 0.3) is 0 Å². The molecule has 1 aliphatic rings. The molecule has 1 fully saturated rings. The molecule has 10 heteroatoms. The zero-order valence-electron chi connectivity index (χ0n) is 17.2. The first kappa shape index (κ1) is 22.4. The van der Waals surface area contributed by atoms with Crippen LogP contribution in [0.1, 0.15) is 12.0 Å². The first-order chi connectivity index (χ1) is 15.0. The monoisotopic (exact) mass is 435 g/mol. The number of nitrogens with one attached hydrogen (secondary N) is 1. The maximum Gasteiger partial charge on any atom is 0.223 e. The van der Waals surface area contributed by atoms with Crippen LogP contribution in [0.3, 0.4) is 0 Å². The number of anilines is 1. The van der Waals surface area contributed by atoms with Crippen molar-refractivity contribution in [2.75, 3.05) is 32.8 Å². The van der Waals surface area contributed by atoms with E-state index in [1.807, 2.05) is 0 Å². The molecule has 0 unspecified atom stereocenters. The summed E-state index contributed by atoms with van der Waals surface area (Å²) >= 11 is 0. The van der Waals surface area contributed by atoms with E-state index in [1.165, 1.54) is 32.7 Å². The molecule has 2 atom stereocenters. The maximum absolute atomic E-state index is 14.4. The van der Waals surface area contributed by atoms with Crippen molar-refractivity contribution in [2.24, 2.45) is 5.92 Å². The molecule has 1 N–H and O–H groups in total. The van der Waals surface area contributed by atoms with Crippen molar-refractivity contribution in [3.63, 3.8) is 0 Å². The lowest BCUT2D eigenvalue weighted by Crippen LogP contribution is -2.30. The number of rotatable bonds is 10. The molecule has 8 nitrogen and oxygen atoms in total. The third-order valence-electron chi connectivity index (χ3n) is 4.88. The molecular formula is C21H23F2N3O5. The van der Waals surface area contributed by atoms with Gasteiger partial charge in [0.1, 0.15) is 6.61 Å². The molecule has 1 aliphatic heterocycles. The lowest BCUT2D eigenvalue weighted by molar-refractivity contribution is -0.115. The molecule has 2 heterocycles. The summed E-state index contributed by atoms with van der Waals surface area (Å²) in [5.41, 5.74) is -0.337. The van der Waals surface area contributed by atoms with E-state index >= 15 is 0 Å². The summed E-state index contributed by atoms with van der Waals surface area (Å²) in [6, 6.07) is 1.00. The van der Waals surface area contributed by atoms with Crippen molar-refractivity contribution < 1.29 is 32.5 Å². The summed E-state index contributed by atoms with van der Waals surface area (Å²) in [4.78, 5) is 19.9. The van der Waals surface area contributed by atoms with Gasteiger partial charge in [-0.05, 0) is 6.08 Å². The van der Waals surface area contributed by atoms with Crippen LogP contribution in [0.15, 0.2) is 31.1 Å². The van der Waals surface area contributed by atoms with Gasteiger partial charge in [-0.1, -0.05) is 6.58 Å². The molecule has 1 saturated heterocycles. The smallest absolute Gasteiger partial charge is 0.223 e. The van der Waals surface area contributed by atoms with Gasteiger partial charge in [-0.3, -0.25) is 4.79 Å². The Bertz CT molecular complexity index is 911. The summed E-state index contributed by atoms with van der Waals surface area (Å²) in [6.45, 7) is 3.95. The van der Waals surface area contributed by atoms with E-state index in [1.54, 1.807) is 0 Å². The van der Waals surface area contributed by atoms with Gasteiger partial charge in [0.15, 0.2) is 34.7 Å². The van der Waals surface area contributed by atoms with Crippen molar-refractivity contribution in [3.8, 4) is 17.2 Å². The van der Waals surface area contributed by atoms with Crippen LogP contribution in [0.5, 0.6) is 17.2 Å². The lowest BCUT2D eigenvalue weighted by Gasteiger charge is -2.18. The highest BCUT2D eigenvalue weighted by Crippen LogP contribution is 2.32. The molecule has 2 aromatic rings. The fourth-order valence-corrected chi connectivity index (χ4v) is 3.15. The van der Waals surface area contributed by atoms with Crippen LogP contribution in [-0.2, 0) is 16.1 Å². The fraction of sp³-hybridized carbons (Fsp3) is 0.381. The Balaban J connectivity index is 1.64. The van der Waals surface area contributed by atoms with Gasteiger partial charge in [0.05, 0.1) is 51.4 Å². The standard InChI is InChI=1S/C21H23F2N3O5/c1-4-13(27)5-12-9-30-11-16(12)26-21-24-7-14(8-25-21)31-10-15-19(22)17(28-2)6-18(29-3)20(15)23/h4,6-8,12,16H,1,5,9-11H2,2-3H3,(H,24,25,26)/t12-,16+/m0/s1. The van der Waals surface area contributed by atoms with Gasteiger partial charge in [-0.2, -0.15) is 0 Å². The second kappa shape index (κ2) is 10.2. The first-order valence-corrected chi connectivity index (χ1v) is 9.50. The quantitative estimate of drug-likeness (QED) is 0.570. The number of aromatic nitrogens is 2. The molecular weight excluding hydrogens is 412 g/mol. The molecule has 0 aliphatic carbocycles. The van der Waals surface area contributed by atoms with Crippen LogP contribution < -0.4 is 19.5 Å². The van der Waals surface area contributed by atoms with Gasteiger partial charge >= 0.3 is 0 Å². The Kier molecular flexibility index (Phi) is 7.35. The Morgan fingerprint density at radius 2 is 1.87 bits per heavy atom. The summed E-state index contributed by atoms with van der Waals surface area (Å²) < 4.78 is 49.5. The zero-order chi connectivity index (χ0) is 22.4. The minimum absolute atomic E-state index is 0.0148. The van der Waals surface area contributed by atoms with E-state index in [-0.39, 0.29) is 40.6 Å². The average molecular weight is 435 g/mol. The maximum atomic E-state index is 14.4. The molecule has 0 bridgehead atoms. The van der Waals surface area contributed by atoms with Gasteiger partial charge in [0.25, 0.3) is 0 Å². The SMILES string of the molecule is C=CC(=O)C[C@H]1COC[C@H]1Nc1ncc(OCc2c(F)c(OC)cc(OC)c2F)cn1. The molecule has 0 amide bonds. The lowest BCUT2D eigenvalue weighted by atomic mass is 9.97. The van der Waals surface area contributed by atoms with Crippen molar-refractivity contribution >= 4 is 11.7 Å². The summed E-state index contributed by atoms with van der Waals surface area (Å²) in [7, 11) is 2.54. The van der Waals surface area contributed by atoms with Crippen LogP contribution in [0, 0.1) is 17.6 Å². The number of ketones is 1. The number of carbonyl (C=O) groups excluding carboxylic acids is 1. The summed E-state index contributed by atoms with van der Waals surface area (Å²) in [6.07, 6.45) is 4.37. The second-order valence-corrected chi connectivity index (χ2v) is 6.84. The van der Waals surface area contributed by atoms with Crippen LogP contribution in [0.2, 0.25) is 0 Å². The van der Waals surface area contributed by atoms with Crippen molar-refractivity contribution in [3.05, 3.63) is 48.3 Å². The van der Waals surface area contributed by atoms with E-state index in [4.69, 9.17) is 18.9 Å². The third-order valence-corrected chi connectivity index (χ3v) is 4.88. The van der Waals surface area contributed by atoms with E-state index in [0.29, 0.717) is 25.6 Å². The highest BCUT2D eigenvalue weighted by Gasteiger charge is 2.30. The van der Waals surface area contributed by atoms with Crippen molar-refractivity contribution in [2.45, 2.75) is 19.1 Å². The Morgan fingerprint density at radius 1 is 1.23 bits per heavy atom. The van der Waals surface area contributed by atoms with Gasteiger partial charge < -0.3 is 24.3 Å². The Hall–Kier alpha value is -3.27. The van der Waals surface area contributed by atoms with Crippen LogP contribution in [0.4, 0.5) is 14.7 Å². The van der Waals surface area contributed by atoms with Crippen LogP contribution in [-0.4, -0.2) is 49.2 Å². The number of methoxy groups -OCH3 is 2. The van der Waals surface area contributed by atoms with Gasteiger partial charge in [-0.25, -0.2) is 18.7 Å². The fourth-order valence-electron chi connectivity index (χ4n) is 3.15. The molecule has 0 radical (unpaired) electrons. The normalized spacial score (nSPS) is 17.8. The predicted molar refractivity (Wildman–Crippen MR) is 107 cm³/mol. The molecule has 3 rings (SSSR count). The molecule has 1 aromatic carbocycles. The number of ether oxygens (including phenoxy) is 4. The number of hydrogen-bond donors (Lipinski definition) is 1. The summed E-state index contributed by atoms with van der Waals surface area (Å²) in [5, 5.41) is 3.13. The number of benzene rings is 1. The van der Waals surface area contributed by atoms with Gasteiger partial charge in [-0.15, -0.1) is 0 Å². The van der Waals surface area contributed by atoms with E-state index in [9.17, 15) is 13.6 Å². The molecule has 166 valence electrons. The molecule has 1 aromatic heterocycles. The largest absolute Gasteiger partial charge is 0.494 e. The van der Waals surface area contributed by atoms with Gasteiger partial charge in [0, 0.05) is 18.4 Å². The predicted octanol–water partition coefficient (Wildman–Crippen LogP) is 2.92. The Labute approximate surface area is 178 Å². The van der Waals surface area contributed by atoms with Crippen molar-refractivity contribution in [1.29, 1.82) is 0 Å². The molecule has 0 saturated carbocycles. The molecule has 0 spiro atoms. The minimum Gasteiger partial charge on any atom is -0.494 e. The summed E-state index contributed by atoms with van der Waals surface area (Å²) in [5.74, 6) is -1.60. The van der Waals surface area contributed by atoms with Gasteiger partial charge in [0.2, 0.25) is 5.95 Å². The highest BCUT2D eigenvalue weighted by molar-refractivity contribution is 5.89. The highest BCUT2D eigenvalue weighted by atomic mass is 19.1. The minimum atomic E-state index is -0.874. The number of allylic oxidation sites excluding steroid dienone is 1. The number of carbonyl (C=O) groups is 1. The van der Waals surface area contributed by atoms with Crippen LogP contribution >= 0.6 is 0 Å². The topological polar surface area (TPSA) is 91.8 Å². The Morgan fingerprint density at radius 3 is 2.45 bits per heavy atom. The second-order valence-electron chi connectivity index (χ2n) is 6.84. The van der Waals surface area contributed by atoms with E-state index in [2.05, 4.69) is 21.9 Å². The number of halogens is 2. The van der Waals surface area contributed by atoms with Crippen molar-refractivity contribution in [1.82, 2.24) is 9.97 Å². The molecule has 31 heavy (non-hydrogen) atoms. The zero-order valence-corrected chi connectivity index (χ0v) is 17.2.